The Kier molecular flexibility index (Phi) is 2.60. The second kappa shape index (κ2) is 4.19. The molecule has 0 saturated carbocycles. The summed E-state index contributed by atoms with van der Waals surface area (Å²) in [6.45, 7) is 5.73. The number of H-pyrrole nitrogens is 1. The summed E-state index contributed by atoms with van der Waals surface area (Å²) in [5, 5.41) is 8.97. The first kappa shape index (κ1) is 12.4. The van der Waals surface area contributed by atoms with Gasteiger partial charge in [-0.3, -0.25) is 0 Å². The van der Waals surface area contributed by atoms with Crippen molar-refractivity contribution in [3.05, 3.63) is 34.9 Å². The van der Waals surface area contributed by atoms with Crippen LogP contribution in [0.5, 0.6) is 0 Å². The molecule has 3 aromatic rings. The fourth-order valence-corrected chi connectivity index (χ4v) is 2.28. The van der Waals surface area contributed by atoms with Crippen molar-refractivity contribution in [1.29, 1.82) is 0 Å². The summed E-state index contributed by atoms with van der Waals surface area (Å²) in [6, 6.07) is 1.53. The summed E-state index contributed by atoms with van der Waals surface area (Å²) in [6.07, 6.45) is 1.30. The van der Waals surface area contributed by atoms with Gasteiger partial charge in [0.15, 0.2) is 5.65 Å². The first-order chi connectivity index (χ1) is 9.47. The van der Waals surface area contributed by atoms with E-state index in [0.717, 1.165) is 22.6 Å². The fourth-order valence-electron chi connectivity index (χ4n) is 2.28. The number of carbonyl (C=O) groups is 1. The second-order valence-corrected chi connectivity index (χ2v) is 4.70. The number of rotatable bonds is 2. The largest absolute Gasteiger partial charge is 0.478 e. The molecular formula is C14H13N3O3. The molecule has 0 saturated heterocycles. The Bertz CT molecular complexity index is 830. The van der Waals surface area contributed by atoms with Gasteiger partial charge in [-0.2, -0.15) is 0 Å². The van der Waals surface area contributed by atoms with Gasteiger partial charge in [0.2, 0.25) is 0 Å². The molecule has 0 unspecified atom stereocenters. The number of nitrogens with zero attached hydrogens (tertiary/aromatic N) is 2. The highest BCUT2D eigenvalue weighted by molar-refractivity contribution is 5.91. The van der Waals surface area contributed by atoms with Gasteiger partial charge in [0.1, 0.15) is 17.3 Å². The van der Waals surface area contributed by atoms with E-state index in [-0.39, 0.29) is 5.56 Å². The van der Waals surface area contributed by atoms with Crippen LogP contribution < -0.4 is 0 Å². The number of fused-ring (bicyclic) bond motifs is 1. The molecule has 0 radical (unpaired) electrons. The minimum Gasteiger partial charge on any atom is -0.478 e. The summed E-state index contributed by atoms with van der Waals surface area (Å²) in [5.41, 5.74) is 3.13. The molecule has 0 spiro atoms. The third-order valence-corrected chi connectivity index (χ3v) is 3.38. The summed E-state index contributed by atoms with van der Waals surface area (Å²) < 4.78 is 5.58. The number of carboxylic acid groups (broad SMARTS) is 1. The molecule has 6 nitrogen and oxygen atoms in total. The molecule has 0 atom stereocenters. The Labute approximate surface area is 114 Å². The Balaban J connectivity index is 2.20. The van der Waals surface area contributed by atoms with Gasteiger partial charge < -0.3 is 14.5 Å². The zero-order valence-electron chi connectivity index (χ0n) is 11.3. The number of imidazole rings is 1. The van der Waals surface area contributed by atoms with Gasteiger partial charge in [-0.05, 0) is 26.8 Å². The maximum atomic E-state index is 10.9. The Morgan fingerprint density at radius 3 is 2.65 bits per heavy atom. The number of aryl methyl sites for hydroxylation is 2. The van der Waals surface area contributed by atoms with E-state index < -0.39 is 5.97 Å². The highest BCUT2D eigenvalue weighted by Gasteiger charge is 2.17. The molecule has 0 amide bonds. The van der Waals surface area contributed by atoms with Crippen LogP contribution in [0.25, 0.3) is 22.6 Å². The van der Waals surface area contributed by atoms with E-state index >= 15 is 0 Å². The highest BCUT2D eigenvalue weighted by Crippen LogP contribution is 2.30. The number of hydrogen-bond donors (Lipinski definition) is 2. The molecule has 3 heterocycles. The maximum absolute atomic E-state index is 10.9. The highest BCUT2D eigenvalue weighted by atomic mass is 16.4. The van der Waals surface area contributed by atoms with Crippen molar-refractivity contribution >= 4 is 17.1 Å². The van der Waals surface area contributed by atoms with Crippen molar-refractivity contribution in [3.8, 4) is 11.4 Å². The SMILES string of the molecule is Cc1oc(C)c(-c2nc3ncc(C(=O)O)cc3[nH]2)c1C. The van der Waals surface area contributed by atoms with Crippen LogP contribution in [0.15, 0.2) is 16.7 Å². The van der Waals surface area contributed by atoms with Gasteiger partial charge in [-0.1, -0.05) is 0 Å². The summed E-state index contributed by atoms with van der Waals surface area (Å²) in [5.74, 6) is 1.25. The predicted molar refractivity (Wildman–Crippen MR) is 72.8 cm³/mol. The molecule has 0 aliphatic rings. The Hall–Kier alpha value is -2.63. The fraction of sp³-hybridized carbons (Fsp3) is 0.214. The van der Waals surface area contributed by atoms with Crippen molar-refractivity contribution < 1.29 is 14.3 Å². The molecule has 3 rings (SSSR count). The lowest BCUT2D eigenvalue weighted by Gasteiger charge is -1.94. The molecule has 0 bridgehead atoms. The number of aromatic amines is 1. The lowest BCUT2D eigenvalue weighted by molar-refractivity contribution is 0.0696. The van der Waals surface area contributed by atoms with Gasteiger partial charge in [0.05, 0.1) is 16.6 Å². The number of pyridine rings is 1. The van der Waals surface area contributed by atoms with Crippen LogP contribution in [0, 0.1) is 20.8 Å². The third kappa shape index (κ3) is 1.77. The standard InChI is InChI=1S/C14H13N3O3/c1-6-7(2)20-8(3)11(6)13-16-10-4-9(14(18)19)5-15-12(10)17-13/h4-5H,1-3H3,(H,18,19)(H,15,16,17). The Morgan fingerprint density at radius 1 is 1.30 bits per heavy atom. The van der Waals surface area contributed by atoms with Crippen LogP contribution in [0.2, 0.25) is 0 Å². The van der Waals surface area contributed by atoms with Crippen molar-refractivity contribution in [2.24, 2.45) is 0 Å². The zero-order chi connectivity index (χ0) is 14.4. The molecular weight excluding hydrogens is 258 g/mol. The van der Waals surface area contributed by atoms with E-state index in [1.165, 1.54) is 12.3 Å². The first-order valence-electron chi connectivity index (χ1n) is 6.13. The molecule has 3 aromatic heterocycles. The van der Waals surface area contributed by atoms with Crippen molar-refractivity contribution in [3.63, 3.8) is 0 Å². The van der Waals surface area contributed by atoms with E-state index in [1.54, 1.807) is 0 Å². The molecule has 0 fully saturated rings. The molecule has 0 aliphatic carbocycles. The van der Waals surface area contributed by atoms with Crippen molar-refractivity contribution in [1.82, 2.24) is 15.0 Å². The average molecular weight is 271 g/mol. The minimum absolute atomic E-state index is 0.129. The molecule has 102 valence electrons. The van der Waals surface area contributed by atoms with E-state index in [9.17, 15) is 4.79 Å². The quantitative estimate of drug-likeness (QED) is 0.747. The molecule has 6 heteroatoms. The number of hydrogen-bond acceptors (Lipinski definition) is 4. The van der Waals surface area contributed by atoms with Gasteiger partial charge in [-0.25, -0.2) is 14.8 Å². The maximum Gasteiger partial charge on any atom is 0.337 e. The summed E-state index contributed by atoms with van der Waals surface area (Å²) >= 11 is 0. The van der Waals surface area contributed by atoms with Gasteiger partial charge in [-0.15, -0.1) is 0 Å². The van der Waals surface area contributed by atoms with E-state index in [1.807, 2.05) is 20.8 Å². The monoisotopic (exact) mass is 271 g/mol. The zero-order valence-corrected chi connectivity index (χ0v) is 11.3. The number of aromatic nitrogens is 3. The molecule has 0 aliphatic heterocycles. The Morgan fingerprint density at radius 2 is 2.05 bits per heavy atom. The van der Waals surface area contributed by atoms with Gasteiger partial charge in [0, 0.05) is 11.8 Å². The van der Waals surface area contributed by atoms with Gasteiger partial charge in [0.25, 0.3) is 0 Å². The molecule has 0 aromatic carbocycles. The van der Waals surface area contributed by atoms with Crippen LogP contribution in [0.4, 0.5) is 0 Å². The third-order valence-electron chi connectivity index (χ3n) is 3.38. The second-order valence-electron chi connectivity index (χ2n) is 4.70. The van der Waals surface area contributed by atoms with Crippen LogP contribution in [0.1, 0.15) is 27.4 Å². The summed E-state index contributed by atoms with van der Waals surface area (Å²) in [7, 11) is 0. The van der Waals surface area contributed by atoms with E-state index in [2.05, 4.69) is 15.0 Å². The topological polar surface area (TPSA) is 92.0 Å². The van der Waals surface area contributed by atoms with E-state index in [0.29, 0.717) is 17.0 Å². The normalized spacial score (nSPS) is 11.2. The van der Waals surface area contributed by atoms with Crippen LogP contribution in [0.3, 0.4) is 0 Å². The predicted octanol–water partition coefficient (Wildman–Crippen LogP) is 2.84. The lowest BCUT2D eigenvalue weighted by Crippen LogP contribution is -1.96. The van der Waals surface area contributed by atoms with Gasteiger partial charge >= 0.3 is 5.97 Å². The van der Waals surface area contributed by atoms with Crippen LogP contribution in [-0.2, 0) is 0 Å². The summed E-state index contributed by atoms with van der Waals surface area (Å²) in [4.78, 5) is 22.5. The van der Waals surface area contributed by atoms with Crippen molar-refractivity contribution in [2.45, 2.75) is 20.8 Å². The molecule has 20 heavy (non-hydrogen) atoms. The van der Waals surface area contributed by atoms with Crippen LogP contribution in [-0.4, -0.2) is 26.0 Å². The smallest absolute Gasteiger partial charge is 0.337 e. The average Bonchev–Trinajstić information content (AvgIpc) is 2.90. The van der Waals surface area contributed by atoms with E-state index in [4.69, 9.17) is 9.52 Å². The van der Waals surface area contributed by atoms with Crippen molar-refractivity contribution in [2.75, 3.05) is 0 Å². The number of nitrogens with one attached hydrogen (secondary N) is 1. The lowest BCUT2D eigenvalue weighted by atomic mass is 10.1. The first-order valence-corrected chi connectivity index (χ1v) is 6.13. The minimum atomic E-state index is -1.01. The molecule has 2 N–H and O–H groups in total. The van der Waals surface area contributed by atoms with Crippen LogP contribution >= 0.6 is 0 Å². The number of aromatic carboxylic acids is 1. The number of furan rings is 1. The number of carboxylic acids is 1.